The van der Waals surface area contributed by atoms with Gasteiger partial charge in [0.2, 0.25) is 0 Å². The molecule has 3 rings (SSSR count). The molecule has 7 heteroatoms. The Balaban J connectivity index is 1.85. The minimum absolute atomic E-state index is 0.0337. The molecular weight excluding hydrogens is 323 g/mol. The molecule has 6 nitrogen and oxygen atoms in total. The number of anilines is 1. The van der Waals surface area contributed by atoms with Gasteiger partial charge in [-0.15, -0.1) is 0 Å². The van der Waals surface area contributed by atoms with Crippen molar-refractivity contribution >= 4 is 17.6 Å². The lowest BCUT2D eigenvalue weighted by molar-refractivity contribution is 0.0482. The third-order valence-corrected chi connectivity index (χ3v) is 4.12. The second kappa shape index (κ2) is 6.51. The molecule has 0 radical (unpaired) electrons. The Hall–Kier alpha value is -2.96. The van der Waals surface area contributed by atoms with Crippen LogP contribution < -0.4 is 11.1 Å². The number of pyridine rings is 1. The van der Waals surface area contributed by atoms with Crippen molar-refractivity contribution in [3.63, 3.8) is 0 Å². The van der Waals surface area contributed by atoms with Crippen LogP contribution >= 0.6 is 0 Å². The molecule has 1 aliphatic heterocycles. The van der Waals surface area contributed by atoms with Crippen molar-refractivity contribution in [1.29, 1.82) is 0 Å². The molecule has 3 N–H and O–H groups in total. The van der Waals surface area contributed by atoms with Crippen molar-refractivity contribution in [3.8, 4) is 0 Å². The number of halogens is 1. The summed E-state index contributed by atoms with van der Waals surface area (Å²) in [6, 6.07) is 7.82. The molecule has 1 amide bonds. The van der Waals surface area contributed by atoms with E-state index in [2.05, 4.69) is 15.3 Å². The maximum Gasteiger partial charge on any atom is 0.282 e. The number of nitrogens with one attached hydrogen (secondary N) is 1. The first kappa shape index (κ1) is 16.9. The number of nitrogens with zero attached hydrogens (tertiary/aromatic N) is 2. The van der Waals surface area contributed by atoms with Gasteiger partial charge < -0.3 is 15.8 Å². The van der Waals surface area contributed by atoms with Gasteiger partial charge in [0.25, 0.3) is 11.9 Å². The molecule has 1 atom stereocenters. The number of carbonyl (C=O) groups is 1. The number of amides is 1. The van der Waals surface area contributed by atoms with Gasteiger partial charge in [-0.05, 0) is 43.7 Å². The molecule has 0 saturated carbocycles. The van der Waals surface area contributed by atoms with E-state index in [1.165, 1.54) is 12.1 Å². The number of amidine groups is 1. The van der Waals surface area contributed by atoms with Crippen molar-refractivity contribution in [3.05, 3.63) is 59.2 Å². The highest BCUT2D eigenvalue weighted by atomic mass is 19.1. The number of aromatic nitrogens is 1. The molecule has 0 saturated heterocycles. The van der Waals surface area contributed by atoms with E-state index in [1.54, 1.807) is 31.3 Å². The van der Waals surface area contributed by atoms with E-state index in [0.29, 0.717) is 24.2 Å². The van der Waals surface area contributed by atoms with Gasteiger partial charge in [-0.25, -0.2) is 9.38 Å². The van der Waals surface area contributed by atoms with Gasteiger partial charge in [-0.3, -0.25) is 9.78 Å². The molecular formula is C18H19FN4O2. The van der Waals surface area contributed by atoms with E-state index in [9.17, 15) is 9.18 Å². The minimum atomic E-state index is -0.932. The average molecular weight is 342 g/mol. The molecule has 0 aliphatic carbocycles. The molecule has 0 bridgehead atoms. The van der Waals surface area contributed by atoms with Gasteiger partial charge in [-0.2, -0.15) is 0 Å². The quantitative estimate of drug-likeness (QED) is 0.897. The van der Waals surface area contributed by atoms with Gasteiger partial charge in [0, 0.05) is 30.4 Å². The summed E-state index contributed by atoms with van der Waals surface area (Å²) in [6.07, 6.45) is 2.10. The van der Waals surface area contributed by atoms with Crippen LogP contribution in [0.4, 0.5) is 10.1 Å². The first-order valence-electron chi connectivity index (χ1n) is 7.90. The lowest BCUT2D eigenvalue weighted by Gasteiger charge is -2.33. The zero-order valence-corrected chi connectivity index (χ0v) is 14.0. The maximum atomic E-state index is 14.3. The summed E-state index contributed by atoms with van der Waals surface area (Å²) in [5, 5.41) is 2.73. The Morgan fingerprint density at radius 2 is 2.16 bits per heavy atom. The summed E-state index contributed by atoms with van der Waals surface area (Å²) in [5.41, 5.74) is 6.72. The summed E-state index contributed by atoms with van der Waals surface area (Å²) < 4.78 is 19.9. The Bertz CT molecular complexity index is 835. The van der Waals surface area contributed by atoms with Crippen LogP contribution in [-0.2, 0) is 10.3 Å². The van der Waals surface area contributed by atoms with E-state index in [4.69, 9.17) is 10.5 Å². The predicted octanol–water partition coefficient (Wildman–Crippen LogP) is 2.73. The van der Waals surface area contributed by atoms with Gasteiger partial charge in [0.15, 0.2) is 0 Å². The predicted molar refractivity (Wildman–Crippen MR) is 92.9 cm³/mol. The third-order valence-electron chi connectivity index (χ3n) is 4.12. The standard InChI is InChI=1S/C18H19FN4O2/c1-11-3-6-15(22-10-11)16(24)23-12-4-5-14(19)13(9-12)18(2)7-8-21-17(20)25-18/h3-6,9-10H,7-8H2,1-2H3,(H2,20,21)(H,23,24)/t18-/m0/s1. The topological polar surface area (TPSA) is 89.6 Å². The van der Waals surface area contributed by atoms with Crippen LogP contribution in [0.2, 0.25) is 0 Å². The summed E-state index contributed by atoms with van der Waals surface area (Å²) in [6.45, 7) is 4.09. The van der Waals surface area contributed by atoms with Gasteiger partial charge in [-0.1, -0.05) is 6.07 Å². The largest absolute Gasteiger partial charge is 0.454 e. The zero-order chi connectivity index (χ0) is 18.0. The van der Waals surface area contributed by atoms with Crippen molar-refractivity contribution in [1.82, 2.24) is 4.98 Å². The van der Waals surface area contributed by atoms with Crippen LogP contribution in [-0.4, -0.2) is 23.5 Å². The summed E-state index contributed by atoms with van der Waals surface area (Å²) in [7, 11) is 0. The van der Waals surface area contributed by atoms with Crippen molar-refractivity contribution < 1.29 is 13.9 Å². The van der Waals surface area contributed by atoms with Crippen LogP contribution in [0.25, 0.3) is 0 Å². The van der Waals surface area contributed by atoms with Gasteiger partial charge >= 0.3 is 0 Å². The van der Waals surface area contributed by atoms with Gasteiger partial charge in [0.05, 0.1) is 0 Å². The van der Waals surface area contributed by atoms with E-state index in [1.807, 2.05) is 6.92 Å². The lowest BCUT2D eigenvalue weighted by Crippen LogP contribution is -2.38. The fourth-order valence-electron chi connectivity index (χ4n) is 2.69. The smallest absolute Gasteiger partial charge is 0.282 e. The highest BCUT2D eigenvalue weighted by Gasteiger charge is 2.35. The van der Waals surface area contributed by atoms with Crippen LogP contribution in [0.1, 0.15) is 35.0 Å². The van der Waals surface area contributed by atoms with E-state index in [0.717, 1.165) is 5.56 Å². The number of ether oxygens (including phenoxy) is 1. The third kappa shape index (κ3) is 3.60. The zero-order valence-electron chi connectivity index (χ0n) is 14.0. The number of benzene rings is 1. The normalized spacial score (nSPS) is 19.7. The number of nitrogens with two attached hydrogens (primary N) is 1. The van der Waals surface area contributed by atoms with E-state index < -0.39 is 11.4 Å². The fourth-order valence-corrected chi connectivity index (χ4v) is 2.69. The first-order valence-corrected chi connectivity index (χ1v) is 7.90. The maximum absolute atomic E-state index is 14.3. The number of aliphatic imine (C=N–C) groups is 1. The second-order valence-electron chi connectivity index (χ2n) is 6.17. The molecule has 1 aromatic carbocycles. The Morgan fingerprint density at radius 1 is 1.36 bits per heavy atom. The lowest BCUT2D eigenvalue weighted by atomic mass is 9.90. The van der Waals surface area contributed by atoms with Crippen LogP contribution in [0, 0.1) is 12.7 Å². The van der Waals surface area contributed by atoms with Crippen LogP contribution in [0.3, 0.4) is 0 Å². The average Bonchev–Trinajstić information content (AvgIpc) is 2.57. The van der Waals surface area contributed by atoms with Crippen molar-refractivity contribution in [2.24, 2.45) is 10.7 Å². The number of carbonyl (C=O) groups excluding carboxylic acids is 1. The Labute approximate surface area is 144 Å². The van der Waals surface area contributed by atoms with Crippen molar-refractivity contribution in [2.75, 3.05) is 11.9 Å². The summed E-state index contributed by atoms with van der Waals surface area (Å²) >= 11 is 0. The van der Waals surface area contributed by atoms with Crippen LogP contribution in [0.15, 0.2) is 41.5 Å². The molecule has 0 unspecified atom stereocenters. The monoisotopic (exact) mass is 342 g/mol. The Kier molecular flexibility index (Phi) is 4.39. The molecule has 1 aliphatic rings. The Morgan fingerprint density at radius 3 is 2.84 bits per heavy atom. The highest BCUT2D eigenvalue weighted by Crippen LogP contribution is 2.34. The molecule has 25 heavy (non-hydrogen) atoms. The summed E-state index contributed by atoms with van der Waals surface area (Å²) in [4.78, 5) is 20.3. The summed E-state index contributed by atoms with van der Waals surface area (Å²) in [5.74, 6) is -0.794. The molecule has 2 aromatic rings. The molecule has 0 fully saturated rings. The number of hydrogen-bond donors (Lipinski definition) is 2. The fraction of sp³-hybridized carbons (Fsp3) is 0.278. The second-order valence-corrected chi connectivity index (χ2v) is 6.17. The number of aryl methyl sites for hydroxylation is 1. The molecule has 1 aromatic heterocycles. The highest BCUT2D eigenvalue weighted by molar-refractivity contribution is 6.02. The van der Waals surface area contributed by atoms with E-state index >= 15 is 0 Å². The molecule has 0 spiro atoms. The minimum Gasteiger partial charge on any atom is -0.454 e. The molecule has 2 heterocycles. The SMILES string of the molecule is Cc1ccc(C(=O)Nc2ccc(F)c([C@]3(C)CCN=C(N)O3)c2)nc1. The van der Waals surface area contributed by atoms with Crippen molar-refractivity contribution in [2.45, 2.75) is 25.9 Å². The first-order chi connectivity index (χ1) is 11.9. The molecule has 130 valence electrons. The van der Waals surface area contributed by atoms with E-state index in [-0.39, 0.29) is 17.6 Å². The number of hydrogen-bond acceptors (Lipinski definition) is 5. The van der Waals surface area contributed by atoms with Crippen LogP contribution in [0.5, 0.6) is 0 Å². The van der Waals surface area contributed by atoms with Gasteiger partial charge in [0.1, 0.15) is 17.1 Å². The number of rotatable bonds is 3.